The topological polar surface area (TPSA) is 46.2 Å². The number of sulfone groups is 1. The van der Waals surface area contributed by atoms with Crippen LogP contribution >= 0.6 is 0 Å². The zero-order valence-corrected chi connectivity index (χ0v) is 11.4. The molecular weight excluding hydrogens is 234 g/mol. The Bertz CT molecular complexity index is 535. The summed E-state index contributed by atoms with van der Waals surface area (Å²) in [7, 11) is -2.88. The first kappa shape index (κ1) is 12.6. The molecule has 0 radical (unpaired) electrons. The maximum atomic E-state index is 11.7. The molecule has 94 valence electrons. The molecule has 1 saturated heterocycles. The molecule has 0 bridgehead atoms. The van der Waals surface area contributed by atoms with Crippen LogP contribution in [-0.2, 0) is 9.84 Å². The highest BCUT2D eigenvalue weighted by Gasteiger charge is 2.26. The SMILES string of the molecule is Cc1cc(C)c(C2CS(=O)(=O)CCN2)cc1C. The molecule has 1 aromatic carbocycles. The van der Waals surface area contributed by atoms with Crippen molar-refractivity contribution in [2.24, 2.45) is 0 Å². The van der Waals surface area contributed by atoms with Crippen LogP contribution in [0.3, 0.4) is 0 Å². The summed E-state index contributed by atoms with van der Waals surface area (Å²) in [6, 6.07) is 4.20. The number of hydrogen-bond donors (Lipinski definition) is 1. The maximum Gasteiger partial charge on any atom is 0.153 e. The Morgan fingerprint density at radius 1 is 1.12 bits per heavy atom. The second kappa shape index (κ2) is 4.42. The molecule has 0 amide bonds. The third-order valence-corrected chi connectivity index (χ3v) is 5.15. The van der Waals surface area contributed by atoms with Crippen LogP contribution in [0, 0.1) is 20.8 Å². The van der Waals surface area contributed by atoms with Gasteiger partial charge in [0, 0.05) is 12.6 Å². The van der Waals surface area contributed by atoms with Gasteiger partial charge in [-0.15, -0.1) is 0 Å². The van der Waals surface area contributed by atoms with E-state index in [-0.39, 0.29) is 17.5 Å². The zero-order valence-electron chi connectivity index (χ0n) is 10.6. The summed E-state index contributed by atoms with van der Waals surface area (Å²) >= 11 is 0. The van der Waals surface area contributed by atoms with Gasteiger partial charge < -0.3 is 5.32 Å². The first-order valence-corrected chi connectivity index (χ1v) is 7.73. The highest BCUT2D eigenvalue weighted by molar-refractivity contribution is 7.91. The molecule has 1 fully saturated rings. The van der Waals surface area contributed by atoms with Crippen molar-refractivity contribution in [2.45, 2.75) is 26.8 Å². The van der Waals surface area contributed by atoms with Gasteiger partial charge in [0.25, 0.3) is 0 Å². The lowest BCUT2D eigenvalue weighted by atomic mass is 9.96. The summed E-state index contributed by atoms with van der Waals surface area (Å²) in [5.41, 5.74) is 4.76. The Kier molecular flexibility index (Phi) is 3.27. The van der Waals surface area contributed by atoms with E-state index in [1.165, 1.54) is 16.7 Å². The van der Waals surface area contributed by atoms with E-state index in [1.807, 2.05) is 6.92 Å². The lowest BCUT2D eigenvalue weighted by Gasteiger charge is -2.26. The maximum absolute atomic E-state index is 11.7. The molecule has 0 saturated carbocycles. The Morgan fingerprint density at radius 3 is 2.41 bits per heavy atom. The van der Waals surface area contributed by atoms with Crippen molar-refractivity contribution in [3.63, 3.8) is 0 Å². The smallest absolute Gasteiger partial charge is 0.153 e. The summed E-state index contributed by atoms with van der Waals surface area (Å²) in [6.07, 6.45) is 0. The number of benzene rings is 1. The summed E-state index contributed by atoms with van der Waals surface area (Å²) in [6.45, 7) is 6.75. The summed E-state index contributed by atoms with van der Waals surface area (Å²) in [5, 5.41) is 3.30. The highest BCUT2D eigenvalue weighted by Crippen LogP contribution is 2.24. The van der Waals surface area contributed by atoms with Crippen molar-refractivity contribution in [3.8, 4) is 0 Å². The van der Waals surface area contributed by atoms with E-state index in [0.29, 0.717) is 6.54 Å². The van der Waals surface area contributed by atoms with Crippen LogP contribution in [0.2, 0.25) is 0 Å². The lowest BCUT2D eigenvalue weighted by molar-refractivity contribution is 0.529. The van der Waals surface area contributed by atoms with Gasteiger partial charge in [-0.05, 0) is 43.0 Å². The third kappa shape index (κ3) is 2.69. The summed E-state index contributed by atoms with van der Waals surface area (Å²) in [5.74, 6) is 0.476. The van der Waals surface area contributed by atoms with Crippen molar-refractivity contribution in [3.05, 3.63) is 34.4 Å². The van der Waals surface area contributed by atoms with E-state index in [1.54, 1.807) is 0 Å². The standard InChI is InChI=1S/C13H19NO2S/c1-9-6-11(3)12(7-10(9)2)13-8-17(15,16)5-4-14-13/h6-7,13-14H,4-5,8H2,1-3H3. The monoisotopic (exact) mass is 253 g/mol. The van der Waals surface area contributed by atoms with E-state index in [4.69, 9.17) is 0 Å². The van der Waals surface area contributed by atoms with Crippen LogP contribution in [0.25, 0.3) is 0 Å². The van der Waals surface area contributed by atoms with Gasteiger partial charge in [0.15, 0.2) is 9.84 Å². The molecule has 1 atom stereocenters. The first-order chi connectivity index (χ1) is 7.89. The summed E-state index contributed by atoms with van der Waals surface area (Å²) < 4.78 is 23.3. The predicted octanol–water partition coefficient (Wildman–Crippen LogP) is 1.67. The van der Waals surface area contributed by atoms with Crippen LogP contribution in [0.15, 0.2) is 12.1 Å². The minimum Gasteiger partial charge on any atom is -0.308 e. The van der Waals surface area contributed by atoms with Crippen molar-refractivity contribution in [1.82, 2.24) is 5.32 Å². The minimum absolute atomic E-state index is 0.0481. The van der Waals surface area contributed by atoms with Crippen LogP contribution in [0.5, 0.6) is 0 Å². The van der Waals surface area contributed by atoms with Crippen molar-refractivity contribution >= 4 is 9.84 Å². The molecule has 1 aromatic rings. The van der Waals surface area contributed by atoms with Gasteiger partial charge in [0.1, 0.15) is 0 Å². The molecule has 0 aromatic heterocycles. The molecule has 3 nitrogen and oxygen atoms in total. The van der Waals surface area contributed by atoms with Gasteiger partial charge in [-0.25, -0.2) is 8.42 Å². The average Bonchev–Trinajstić information content (AvgIpc) is 2.22. The minimum atomic E-state index is -2.88. The number of hydrogen-bond acceptors (Lipinski definition) is 3. The van der Waals surface area contributed by atoms with E-state index in [0.717, 1.165) is 5.56 Å². The Labute approximate surface area is 103 Å². The fourth-order valence-electron chi connectivity index (χ4n) is 2.34. The van der Waals surface area contributed by atoms with Gasteiger partial charge in [0.05, 0.1) is 11.5 Å². The molecule has 1 aliphatic rings. The van der Waals surface area contributed by atoms with Gasteiger partial charge in [-0.3, -0.25) is 0 Å². The van der Waals surface area contributed by atoms with E-state index >= 15 is 0 Å². The Hall–Kier alpha value is -0.870. The molecule has 17 heavy (non-hydrogen) atoms. The van der Waals surface area contributed by atoms with Gasteiger partial charge in [-0.1, -0.05) is 12.1 Å². The lowest BCUT2D eigenvalue weighted by Crippen LogP contribution is -2.39. The molecule has 1 unspecified atom stereocenters. The molecule has 0 aliphatic carbocycles. The van der Waals surface area contributed by atoms with Crippen LogP contribution in [0.4, 0.5) is 0 Å². The van der Waals surface area contributed by atoms with E-state index in [9.17, 15) is 8.42 Å². The Balaban J connectivity index is 2.37. The molecule has 1 aliphatic heterocycles. The van der Waals surface area contributed by atoms with Crippen LogP contribution in [0.1, 0.15) is 28.3 Å². The molecule has 1 heterocycles. The van der Waals surface area contributed by atoms with Crippen LogP contribution in [-0.4, -0.2) is 26.5 Å². The van der Waals surface area contributed by atoms with Gasteiger partial charge in [0.2, 0.25) is 0 Å². The van der Waals surface area contributed by atoms with Crippen molar-refractivity contribution in [1.29, 1.82) is 0 Å². The third-order valence-electron chi connectivity index (χ3n) is 3.48. The highest BCUT2D eigenvalue weighted by atomic mass is 32.2. The second-order valence-electron chi connectivity index (χ2n) is 4.91. The van der Waals surface area contributed by atoms with E-state index < -0.39 is 9.84 Å². The zero-order chi connectivity index (χ0) is 12.6. The largest absolute Gasteiger partial charge is 0.308 e. The molecular formula is C13H19NO2S. The average molecular weight is 253 g/mol. The second-order valence-corrected chi connectivity index (χ2v) is 7.14. The molecule has 0 spiro atoms. The van der Waals surface area contributed by atoms with Crippen molar-refractivity contribution < 1.29 is 8.42 Å². The molecule has 4 heteroatoms. The normalized spacial score (nSPS) is 23.6. The summed E-state index contributed by atoms with van der Waals surface area (Å²) in [4.78, 5) is 0. The molecule has 2 rings (SSSR count). The van der Waals surface area contributed by atoms with Gasteiger partial charge in [-0.2, -0.15) is 0 Å². The van der Waals surface area contributed by atoms with Crippen LogP contribution < -0.4 is 5.32 Å². The predicted molar refractivity (Wildman–Crippen MR) is 70.1 cm³/mol. The number of nitrogens with one attached hydrogen (secondary N) is 1. The quantitative estimate of drug-likeness (QED) is 0.828. The van der Waals surface area contributed by atoms with Crippen molar-refractivity contribution in [2.75, 3.05) is 18.1 Å². The number of rotatable bonds is 1. The van der Waals surface area contributed by atoms with E-state index in [2.05, 4.69) is 31.3 Å². The Morgan fingerprint density at radius 2 is 1.76 bits per heavy atom. The fourth-order valence-corrected chi connectivity index (χ4v) is 3.74. The van der Waals surface area contributed by atoms with Gasteiger partial charge >= 0.3 is 0 Å². The molecule has 1 N–H and O–H groups in total. The first-order valence-electron chi connectivity index (χ1n) is 5.90. The fraction of sp³-hybridized carbons (Fsp3) is 0.538. The number of aryl methyl sites for hydroxylation is 3.